The first-order chi connectivity index (χ1) is 35.2. The highest BCUT2D eigenvalue weighted by Gasteiger charge is 2.16. The molecule has 0 heterocycles. The number of hydrogen-bond acceptors (Lipinski definition) is 20. The lowest BCUT2D eigenvalue weighted by Gasteiger charge is -2.14. The van der Waals surface area contributed by atoms with Gasteiger partial charge in [-0.1, -0.05) is 5.16 Å². The maximum Gasteiger partial charge on any atom is 0.260 e. The molecule has 0 aliphatic rings. The van der Waals surface area contributed by atoms with Crippen molar-refractivity contribution in [1.82, 2.24) is 31.9 Å². The van der Waals surface area contributed by atoms with E-state index in [-0.39, 0.29) is 101 Å². The summed E-state index contributed by atoms with van der Waals surface area (Å²) in [5.74, 6) is -1.96. The zero-order valence-corrected chi connectivity index (χ0v) is 43.5. The van der Waals surface area contributed by atoms with Crippen LogP contribution in [-0.4, -0.2) is 216 Å². The molecule has 6 amide bonds. The third-order valence-corrected chi connectivity index (χ3v) is 9.81. The molecule has 0 aromatic rings. The lowest BCUT2D eigenvalue weighted by atomic mass is 10.1. The van der Waals surface area contributed by atoms with Crippen molar-refractivity contribution in [1.29, 1.82) is 0 Å². The topological polar surface area (TPSA) is 356 Å². The second kappa shape index (κ2) is 49.4. The van der Waals surface area contributed by atoms with Crippen LogP contribution in [0, 0.1) is 0 Å². The molecule has 0 aromatic heterocycles. The monoisotopic (exact) mass is 1050 g/mol. The molecule has 26 heteroatoms. The number of carbonyl (C=O) groups is 8. The SMILES string of the molecule is CC(=O)CN[C@@H](CCCCNC(=O)CCOCCOCCOCCOCCNC(=O)CC/C(C)=N\OCC(=O)NCCOCCOCCOCCOCCC(=O)NCCCC[C@H](NCC(C)=O)C(N)=O)C(N)=O. The molecular weight excluding hydrogens is 963 g/mol. The van der Waals surface area contributed by atoms with Gasteiger partial charge < -0.3 is 75.5 Å². The average Bonchev–Trinajstić information content (AvgIpc) is 3.34. The van der Waals surface area contributed by atoms with Crippen molar-refractivity contribution in [2.45, 2.75) is 97.1 Å². The van der Waals surface area contributed by atoms with E-state index in [9.17, 15) is 38.4 Å². The molecule has 0 aliphatic heterocycles. The summed E-state index contributed by atoms with van der Waals surface area (Å²) in [5.41, 5.74) is 11.3. The van der Waals surface area contributed by atoms with Gasteiger partial charge in [0.2, 0.25) is 29.5 Å². The summed E-state index contributed by atoms with van der Waals surface area (Å²) in [6, 6.07) is -1.14. The summed E-state index contributed by atoms with van der Waals surface area (Å²) in [5, 5.41) is 20.6. The van der Waals surface area contributed by atoms with E-state index >= 15 is 0 Å². The van der Waals surface area contributed by atoms with Crippen LogP contribution in [0.5, 0.6) is 0 Å². The number of carbonyl (C=O) groups excluding carboxylic acids is 8. The van der Waals surface area contributed by atoms with Gasteiger partial charge in [-0.2, -0.15) is 0 Å². The van der Waals surface area contributed by atoms with Gasteiger partial charge >= 0.3 is 0 Å². The molecule has 0 rings (SSSR count). The Balaban J connectivity index is 3.53. The van der Waals surface area contributed by atoms with Crippen LogP contribution in [0.15, 0.2) is 5.16 Å². The fraction of sp³-hybridized carbons (Fsp3) is 0.809. The Labute approximate surface area is 430 Å². The first-order valence-corrected chi connectivity index (χ1v) is 25.1. The number of nitrogens with one attached hydrogen (secondary N) is 6. The molecular formula is C47H87N9O17. The molecule has 0 aromatic carbocycles. The maximum absolute atomic E-state index is 12.1. The van der Waals surface area contributed by atoms with Gasteiger partial charge in [-0.3, -0.25) is 49.0 Å². The summed E-state index contributed by atoms with van der Waals surface area (Å²) in [4.78, 5) is 98.2. The second-order valence-corrected chi connectivity index (χ2v) is 16.5. The van der Waals surface area contributed by atoms with E-state index < -0.39 is 23.9 Å². The van der Waals surface area contributed by atoms with Gasteiger partial charge in [0.05, 0.1) is 137 Å². The fourth-order valence-corrected chi connectivity index (χ4v) is 5.86. The normalized spacial score (nSPS) is 12.2. The Morgan fingerprint density at radius 2 is 0.726 bits per heavy atom. The highest BCUT2D eigenvalue weighted by Crippen LogP contribution is 2.02. The zero-order valence-electron chi connectivity index (χ0n) is 43.5. The van der Waals surface area contributed by atoms with E-state index in [1.165, 1.54) is 13.8 Å². The van der Waals surface area contributed by atoms with Crippen molar-refractivity contribution in [2.75, 3.05) is 152 Å². The minimum absolute atomic E-state index is 0.0772. The van der Waals surface area contributed by atoms with E-state index in [1.807, 2.05) is 0 Å². The first kappa shape index (κ1) is 68.2. The van der Waals surface area contributed by atoms with Crippen molar-refractivity contribution in [3.63, 3.8) is 0 Å². The van der Waals surface area contributed by atoms with Crippen LogP contribution >= 0.6 is 0 Å². The van der Waals surface area contributed by atoms with Gasteiger partial charge in [0.1, 0.15) is 11.6 Å². The third kappa shape index (κ3) is 49.2. The Bertz CT molecular complexity index is 1550. The largest absolute Gasteiger partial charge is 0.386 e. The van der Waals surface area contributed by atoms with Crippen molar-refractivity contribution < 1.29 is 81.1 Å². The second-order valence-electron chi connectivity index (χ2n) is 16.5. The Morgan fingerprint density at radius 3 is 1.10 bits per heavy atom. The number of hydrogen-bond donors (Lipinski definition) is 8. The average molecular weight is 1050 g/mol. The molecule has 0 radical (unpaired) electrons. The lowest BCUT2D eigenvalue weighted by Crippen LogP contribution is -2.43. The Morgan fingerprint density at radius 1 is 0.397 bits per heavy atom. The van der Waals surface area contributed by atoms with Crippen molar-refractivity contribution >= 4 is 52.7 Å². The van der Waals surface area contributed by atoms with Crippen LogP contribution < -0.4 is 43.4 Å². The minimum atomic E-state index is -0.569. The summed E-state index contributed by atoms with van der Waals surface area (Å²) in [6.07, 6.45) is 4.66. The lowest BCUT2D eigenvalue weighted by molar-refractivity contribution is -0.126. The predicted molar refractivity (Wildman–Crippen MR) is 267 cm³/mol. The number of unbranched alkanes of at least 4 members (excludes halogenated alkanes) is 2. The molecule has 0 fully saturated rings. The van der Waals surface area contributed by atoms with Crippen molar-refractivity contribution in [3.05, 3.63) is 0 Å². The van der Waals surface area contributed by atoms with Crippen LogP contribution in [0.4, 0.5) is 0 Å². The van der Waals surface area contributed by atoms with Crippen LogP contribution in [0.2, 0.25) is 0 Å². The molecule has 10 N–H and O–H groups in total. The number of amides is 6. The Hall–Kier alpha value is -4.77. The molecule has 422 valence electrons. The third-order valence-electron chi connectivity index (χ3n) is 9.81. The van der Waals surface area contributed by atoms with Crippen LogP contribution in [-0.2, 0) is 81.1 Å². The van der Waals surface area contributed by atoms with E-state index in [2.05, 4.69) is 37.1 Å². The van der Waals surface area contributed by atoms with Gasteiger partial charge in [-0.15, -0.1) is 0 Å². The summed E-state index contributed by atoms with van der Waals surface area (Å²) < 4.78 is 43.6. The first-order valence-electron chi connectivity index (χ1n) is 25.1. The number of ketones is 2. The molecule has 26 nitrogen and oxygen atoms in total. The fourth-order valence-electron chi connectivity index (χ4n) is 5.86. The van der Waals surface area contributed by atoms with Gasteiger partial charge in [-0.05, 0) is 65.7 Å². The number of nitrogens with two attached hydrogens (primary N) is 2. The van der Waals surface area contributed by atoms with Gasteiger partial charge in [0.15, 0.2) is 6.61 Å². The van der Waals surface area contributed by atoms with Crippen molar-refractivity contribution in [3.8, 4) is 0 Å². The quantitative estimate of drug-likeness (QED) is 0.0184. The molecule has 0 saturated heterocycles. The molecule has 0 bridgehead atoms. The summed E-state index contributed by atoms with van der Waals surface area (Å²) in [7, 11) is 0. The highest BCUT2D eigenvalue weighted by atomic mass is 16.6. The number of primary amides is 2. The molecule has 0 unspecified atom stereocenters. The predicted octanol–water partition coefficient (Wildman–Crippen LogP) is -2.06. The minimum Gasteiger partial charge on any atom is -0.386 e. The molecule has 2 atom stereocenters. The van der Waals surface area contributed by atoms with Crippen molar-refractivity contribution in [2.24, 2.45) is 16.6 Å². The highest BCUT2D eigenvalue weighted by molar-refractivity contribution is 5.87. The molecule has 0 saturated carbocycles. The number of ether oxygens (including phenoxy) is 8. The summed E-state index contributed by atoms with van der Waals surface area (Å²) in [6.45, 7) is 11.5. The number of oxime groups is 1. The van der Waals surface area contributed by atoms with E-state index in [1.54, 1.807) is 6.92 Å². The molecule has 0 aliphatic carbocycles. The van der Waals surface area contributed by atoms with E-state index in [0.717, 1.165) is 0 Å². The Kier molecular flexibility index (Phi) is 46.2. The molecule has 0 spiro atoms. The number of Topliss-reactive ketones (excluding diaryl/α,β-unsaturated/α-hetero) is 2. The smallest absolute Gasteiger partial charge is 0.260 e. The van der Waals surface area contributed by atoms with Crippen LogP contribution in [0.1, 0.15) is 85.0 Å². The molecule has 73 heavy (non-hydrogen) atoms. The van der Waals surface area contributed by atoms with Gasteiger partial charge in [0, 0.05) is 45.4 Å². The zero-order chi connectivity index (χ0) is 54.0. The summed E-state index contributed by atoms with van der Waals surface area (Å²) >= 11 is 0. The number of rotatable bonds is 54. The standard InChI is InChI=1S/C47H87N9O17/c1-37(10-11-42(59)52-16-20-67-24-28-71-32-30-69-26-22-65-18-12-43(60)50-14-6-4-8-40(46(48)63)54-34-38(2)57)56-73-36-45(62)53-17-21-68-25-29-72-33-31-70-27-23-66-19-13-44(61)51-15-7-5-9-41(47(49)64)55-35-39(3)58/h40-41,54-55H,4-36H2,1-3H3,(H2,48,63)(H2,49,64)(H,50,60)(H,51,61)(H,52,59)(H,53,62)/b56-37-/t40-,41-/m0/s1. The van der Waals surface area contributed by atoms with E-state index in [4.69, 9.17) is 54.2 Å². The van der Waals surface area contributed by atoms with Crippen LogP contribution in [0.3, 0.4) is 0 Å². The van der Waals surface area contributed by atoms with Crippen LogP contribution in [0.25, 0.3) is 0 Å². The van der Waals surface area contributed by atoms with E-state index in [0.29, 0.717) is 156 Å². The number of nitrogens with zero attached hydrogens (tertiary/aromatic N) is 1. The maximum atomic E-state index is 12.1. The van der Waals surface area contributed by atoms with Gasteiger partial charge in [0.25, 0.3) is 5.91 Å². The van der Waals surface area contributed by atoms with Gasteiger partial charge in [-0.25, -0.2) is 0 Å².